The fraction of sp³-hybridized carbons (Fsp3) is 0.417. The summed E-state index contributed by atoms with van der Waals surface area (Å²) in [5.74, 6) is -0.384. The lowest BCUT2D eigenvalue weighted by Crippen LogP contribution is -2.37. The lowest BCUT2D eigenvalue weighted by Gasteiger charge is -2.23. The molecule has 0 spiro atoms. The molecule has 108 valence electrons. The summed E-state index contributed by atoms with van der Waals surface area (Å²) in [4.78, 5) is 23.7. The molecular weight excluding hydrogens is 284 g/mol. The van der Waals surface area contributed by atoms with Crippen LogP contribution in [0.5, 0.6) is 0 Å². The molecule has 0 aliphatic carbocycles. The van der Waals surface area contributed by atoms with Crippen molar-refractivity contribution >= 4 is 21.4 Å². The molecule has 0 aromatic heterocycles. The van der Waals surface area contributed by atoms with Gasteiger partial charge in [-0.3, -0.25) is 14.9 Å². The van der Waals surface area contributed by atoms with Crippen molar-refractivity contribution < 1.29 is 18.1 Å². The predicted molar refractivity (Wildman–Crippen MR) is 72.2 cm³/mol. The third kappa shape index (κ3) is 2.96. The van der Waals surface area contributed by atoms with E-state index in [4.69, 9.17) is 0 Å². The van der Waals surface area contributed by atoms with E-state index in [0.717, 1.165) is 0 Å². The van der Waals surface area contributed by atoms with Gasteiger partial charge < -0.3 is 4.90 Å². The maximum atomic E-state index is 12.2. The zero-order chi connectivity index (χ0) is 14.9. The van der Waals surface area contributed by atoms with Crippen LogP contribution in [-0.4, -0.2) is 48.7 Å². The van der Waals surface area contributed by atoms with Gasteiger partial charge in [-0.2, -0.15) is 0 Å². The molecule has 1 aliphatic heterocycles. The molecule has 1 atom stereocenters. The first-order valence-electron chi connectivity index (χ1n) is 6.02. The number of nitro groups is 1. The molecule has 7 nitrogen and oxygen atoms in total. The quantitative estimate of drug-likeness (QED) is 0.608. The van der Waals surface area contributed by atoms with Crippen molar-refractivity contribution in [2.24, 2.45) is 0 Å². The number of carbonyl (C=O) groups is 1. The van der Waals surface area contributed by atoms with Crippen LogP contribution >= 0.6 is 0 Å². The van der Waals surface area contributed by atoms with E-state index in [1.807, 2.05) is 0 Å². The molecule has 0 radical (unpaired) electrons. The van der Waals surface area contributed by atoms with Crippen molar-refractivity contribution in [3.63, 3.8) is 0 Å². The average molecular weight is 298 g/mol. The van der Waals surface area contributed by atoms with E-state index < -0.39 is 20.7 Å². The second kappa shape index (κ2) is 5.20. The number of nitrogens with zero attached hydrogens (tertiary/aromatic N) is 2. The third-order valence-corrected chi connectivity index (χ3v) is 5.13. The molecule has 1 aromatic carbocycles. The number of rotatable bonds is 3. The van der Waals surface area contributed by atoms with Crippen LogP contribution < -0.4 is 0 Å². The van der Waals surface area contributed by atoms with Crippen molar-refractivity contribution in [2.45, 2.75) is 12.5 Å². The molecule has 0 saturated carbocycles. The van der Waals surface area contributed by atoms with Gasteiger partial charge in [0, 0.05) is 30.8 Å². The number of hydrogen-bond donors (Lipinski definition) is 0. The highest BCUT2D eigenvalue weighted by molar-refractivity contribution is 7.91. The summed E-state index contributed by atoms with van der Waals surface area (Å²) >= 11 is 0. The van der Waals surface area contributed by atoms with Crippen molar-refractivity contribution in [3.8, 4) is 0 Å². The van der Waals surface area contributed by atoms with Crippen LogP contribution in [0, 0.1) is 10.1 Å². The van der Waals surface area contributed by atoms with Crippen LogP contribution in [0.4, 0.5) is 5.69 Å². The van der Waals surface area contributed by atoms with Gasteiger partial charge in [-0.15, -0.1) is 0 Å². The number of non-ortho nitro benzene ring substituents is 1. The van der Waals surface area contributed by atoms with Crippen molar-refractivity contribution in [1.82, 2.24) is 4.90 Å². The van der Waals surface area contributed by atoms with Crippen LogP contribution in [0.3, 0.4) is 0 Å². The zero-order valence-electron chi connectivity index (χ0n) is 10.9. The Morgan fingerprint density at radius 1 is 1.45 bits per heavy atom. The topological polar surface area (TPSA) is 97.6 Å². The molecule has 1 amide bonds. The summed E-state index contributed by atoms with van der Waals surface area (Å²) in [7, 11) is -1.56. The molecule has 0 N–H and O–H groups in total. The van der Waals surface area contributed by atoms with Gasteiger partial charge in [0.2, 0.25) is 0 Å². The molecule has 0 bridgehead atoms. The average Bonchev–Trinajstić information content (AvgIpc) is 2.77. The molecule has 2 rings (SSSR count). The molecule has 1 aromatic rings. The van der Waals surface area contributed by atoms with Crippen LogP contribution in [0.1, 0.15) is 16.8 Å². The van der Waals surface area contributed by atoms with E-state index in [-0.39, 0.29) is 28.8 Å². The molecule has 1 heterocycles. The standard InChI is InChI=1S/C12H14N2O5S/c1-13(11-5-6-20(18,19)8-11)12(15)9-3-2-4-10(7-9)14(16)17/h2-4,7,11H,5-6,8H2,1H3/t11-/m1/s1. The molecular formula is C12H14N2O5S. The SMILES string of the molecule is CN(C(=O)c1cccc([N+](=O)[O-])c1)[C@@H]1CCS(=O)(=O)C1. The normalized spacial score (nSPS) is 20.6. The minimum Gasteiger partial charge on any atom is -0.338 e. The van der Waals surface area contributed by atoms with Crippen molar-refractivity contribution in [3.05, 3.63) is 39.9 Å². The van der Waals surface area contributed by atoms with E-state index in [2.05, 4.69) is 0 Å². The van der Waals surface area contributed by atoms with Gasteiger partial charge in [-0.05, 0) is 12.5 Å². The van der Waals surface area contributed by atoms with Gasteiger partial charge in [0.25, 0.3) is 11.6 Å². The number of sulfone groups is 1. The minimum atomic E-state index is -3.08. The Morgan fingerprint density at radius 2 is 2.15 bits per heavy atom. The van der Waals surface area contributed by atoms with Gasteiger partial charge in [0.15, 0.2) is 9.84 Å². The van der Waals surface area contributed by atoms with E-state index in [9.17, 15) is 23.3 Å². The highest BCUT2D eigenvalue weighted by Gasteiger charge is 2.33. The smallest absolute Gasteiger partial charge is 0.270 e. The number of amides is 1. The number of carbonyl (C=O) groups excluding carboxylic acids is 1. The highest BCUT2D eigenvalue weighted by atomic mass is 32.2. The lowest BCUT2D eigenvalue weighted by atomic mass is 10.1. The van der Waals surface area contributed by atoms with Gasteiger partial charge in [0.1, 0.15) is 0 Å². The molecule has 0 unspecified atom stereocenters. The summed E-state index contributed by atoms with van der Waals surface area (Å²) in [6.45, 7) is 0. The Kier molecular flexibility index (Phi) is 3.76. The van der Waals surface area contributed by atoms with Crippen LogP contribution in [-0.2, 0) is 9.84 Å². The summed E-state index contributed by atoms with van der Waals surface area (Å²) in [6.07, 6.45) is 0.402. The van der Waals surface area contributed by atoms with Gasteiger partial charge in [-0.1, -0.05) is 6.07 Å². The van der Waals surface area contributed by atoms with Gasteiger partial charge in [0.05, 0.1) is 16.4 Å². The monoisotopic (exact) mass is 298 g/mol. The number of hydrogen-bond acceptors (Lipinski definition) is 5. The summed E-state index contributed by atoms with van der Waals surface area (Å²) in [5.41, 5.74) is 0.0225. The zero-order valence-corrected chi connectivity index (χ0v) is 11.7. The second-order valence-electron chi connectivity index (χ2n) is 4.78. The fourth-order valence-electron chi connectivity index (χ4n) is 2.20. The van der Waals surface area contributed by atoms with Gasteiger partial charge in [-0.25, -0.2) is 8.42 Å². The van der Waals surface area contributed by atoms with E-state index in [1.54, 1.807) is 0 Å². The summed E-state index contributed by atoms with van der Waals surface area (Å²) in [5, 5.41) is 10.7. The number of nitro benzene ring substituents is 1. The Labute approximate surface area is 116 Å². The highest BCUT2D eigenvalue weighted by Crippen LogP contribution is 2.20. The van der Waals surface area contributed by atoms with Crippen molar-refractivity contribution in [1.29, 1.82) is 0 Å². The molecule has 1 saturated heterocycles. The second-order valence-corrected chi connectivity index (χ2v) is 7.01. The van der Waals surface area contributed by atoms with Crippen LogP contribution in [0.25, 0.3) is 0 Å². The maximum Gasteiger partial charge on any atom is 0.270 e. The molecule has 8 heteroatoms. The summed E-state index contributed by atoms with van der Waals surface area (Å²) in [6, 6.07) is 5.05. The Bertz CT molecular complexity index is 656. The Morgan fingerprint density at radius 3 is 2.70 bits per heavy atom. The number of benzene rings is 1. The largest absolute Gasteiger partial charge is 0.338 e. The minimum absolute atomic E-state index is 0.0514. The van der Waals surface area contributed by atoms with Crippen molar-refractivity contribution in [2.75, 3.05) is 18.6 Å². The van der Waals surface area contributed by atoms with E-state index in [1.165, 1.54) is 36.2 Å². The van der Waals surface area contributed by atoms with E-state index >= 15 is 0 Å². The first kappa shape index (κ1) is 14.4. The first-order valence-corrected chi connectivity index (χ1v) is 7.84. The first-order chi connectivity index (χ1) is 9.30. The third-order valence-electron chi connectivity index (χ3n) is 3.38. The predicted octanol–water partition coefficient (Wildman–Crippen LogP) is 0.854. The molecule has 20 heavy (non-hydrogen) atoms. The fourth-order valence-corrected chi connectivity index (χ4v) is 3.98. The molecule has 1 fully saturated rings. The Hall–Kier alpha value is -1.96. The Balaban J connectivity index is 2.19. The summed E-state index contributed by atoms with van der Waals surface area (Å²) < 4.78 is 22.8. The van der Waals surface area contributed by atoms with E-state index in [0.29, 0.717) is 6.42 Å². The molecule has 1 aliphatic rings. The maximum absolute atomic E-state index is 12.2. The lowest BCUT2D eigenvalue weighted by molar-refractivity contribution is -0.384. The van der Waals surface area contributed by atoms with Crippen LogP contribution in [0.2, 0.25) is 0 Å². The van der Waals surface area contributed by atoms with Gasteiger partial charge >= 0.3 is 0 Å². The van der Waals surface area contributed by atoms with Crippen LogP contribution in [0.15, 0.2) is 24.3 Å².